The summed E-state index contributed by atoms with van der Waals surface area (Å²) in [5.74, 6) is 0.683. The fraction of sp³-hybridized carbons (Fsp3) is 0.192. The molecule has 0 saturated carbocycles. The number of ether oxygens (including phenoxy) is 1. The fourth-order valence-electron chi connectivity index (χ4n) is 3.52. The fourth-order valence-corrected chi connectivity index (χ4v) is 4.76. The third-order valence-electron chi connectivity index (χ3n) is 5.32. The van der Waals surface area contributed by atoms with Crippen LogP contribution in [0.25, 0.3) is 10.9 Å². The highest BCUT2D eigenvalue weighted by Gasteiger charge is 2.26. The minimum Gasteiger partial charge on any atom is -0.497 e. The third kappa shape index (κ3) is 4.93. The number of likely N-dealkylation sites (N-methyl/N-ethyl adjacent to an activating group) is 1. The van der Waals surface area contributed by atoms with Gasteiger partial charge in [-0.2, -0.15) is 0 Å². The van der Waals surface area contributed by atoms with Gasteiger partial charge < -0.3 is 9.64 Å². The van der Waals surface area contributed by atoms with Crippen LogP contribution < -0.4 is 10.3 Å². The summed E-state index contributed by atoms with van der Waals surface area (Å²) >= 11 is 1.30. The molecule has 0 N–H and O–H groups in total. The predicted octanol–water partition coefficient (Wildman–Crippen LogP) is 4.38. The van der Waals surface area contributed by atoms with E-state index in [2.05, 4.69) is 0 Å². The number of hydrogen-bond donors (Lipinski definition) is 0. The van der Waals surface area contributed by atoms with Crippen molar-refractivity contribution >= 4 is 28.6 Å². The van der Waals surface area contributed by atoms with E-state index < -0.39 is 5.25 Å². The molecule has 1 amide bonds. The highest BCUT2D eigenvalue weighted by molar-refractivity contribution is 8.00. The summed E-state index contributed by atoms with van der Waals surface area (Å²) in [5, 5.41) is 0.514. The van der Waals surface area contributed by atoms with Crippen molar-refractivity contribution in [3.05, 3.63) is 100 Å². The number of hydrogen-bond acceptors (Lipinski definition) is 5. The Hall–Kier alpha value is -3.58. The zero-order valence-electron chi connectivity index (χ0n) is 18.8. The highest BCUT2D eigenvalue weighted by Crippen LogP contribution is 2.36. The molecule has 3 aromatic carbocycles. The first-order valence-electron chi connectivity index (χ1n) is 10.5. The third-order valence-corrected chi connectivity index (χ3v) is 6.55. The van der Waals surface area contributed by atoms with Crippen molar-refractivity contribution in [2.75, 3.05) is 21.2 Å². The van der Waals surface area contributed by atoms with Crippen molar-refractivity contribution in [1.82, 2.24) is 14.5 Å². The van der Waals surface area contributed by atoms with Crippen molar-refractivity contribution in [1.29, 1.82) is 0 Å². The highest BCUT2D eigenvalue weighted by atomic mass is 32.2. The van der Waals surface area contributed by atoms with E-state index in [9.17, 15) is 9.59 Å². The van der Waals surface area contributed by atoms with Crippen molar-refractivity contribution in [3.8, 4) is 5.75 Å². The molecule has 0 aliphatic carbocycles. The van der Waals surface area contributed by atoms with E-state index in [-0.39, 0.29) is 11.5 Å². The predicted molar refractivity (Wildman–Crippen MR) is 132 cm³/mol. The first-order valence-corrected chi connectivity index (χ1v) is 11.4. The molecular formula is C26H25N3O3S. The first-order chi connectivity index (χ1) is 16.0. The number of carbonyl (C=O) groups is 1. The Morgan fingerprint density at radius 3 is 2.33 bits per heavy atom. The molecule has 33 heavy (non-hydrogen) atoms. The number of benzene rings is 3. The van der Waals surface area contributed by atoms with Gasteiger partial charge in [0.15, 0.2) is 5.16 Å². The van der Waals surface area contributed by atoms with Crippen LogP contribution in [0, 0.1) is 0 Å². The molecule has 0 spiro atoms. The SMILES string of the molecule is COc1ccc(Cn2c(SC(C(=O)N(C)C)c3ccccc3)nc3ccccc3c2=O)cc1. The van der Waals surface area contributed by atoms with Crippen LogP contribution in [0.15, 0.2) is 88.8 Å². The monoisotopic (exact) mass is 459 g/mol. The molecule has 168 valence electrons. The normalized spacial score (nSPS) is 11.8. The lowest BCUT2D eigenvalue weighted by atomic mass is 10.1. The summed E-state index contributed by atoms with van der Waals surface area (Å²) in [6.07, 6.45) is 0. The van der Waals surface area contributed by atoms with Crippen molar-refractivity contribution in [2.24, 2.45) is 0 Å². The molecule has 4 aromatic rings. The number of rotatable bonds is 7. The van der Waals surface area contributed by atoms with Gasteiger partial charge in [0.25, 0.3) is 5.56 Å². The largest absolute Gasteiger partial charge is 0.497 e. The average molecular weight is 460 g/mol. The summed E-state index contributed by atoms with van der Waals surface area (Å²) in [6.45, 7) is 0.334. The number of fused-ring (bicyclic) bond motifs is 1. The van der Waals surface area contributed by atoms with Gasteiger partial charge in [0.2, 0.25) is 5.91 Å². The number of methoxy groups -OCH3 is 1. The van der Waals surface area contributed by atoms with E-state index in [4.69, 9.17) is 9.72 Å². The molecule has 0 saturated heterocycles. The van der Waals surface area contributed by atoms with E-state index in [0.29, 0.717) is 22.6 Å². The van der Waals surface area contributed by atoms with Gasteiger partial charge in [-0.15, -0.1) is 0 Å². The quantitative estimate of drug-likeness (QED) is 0.303. The second kappa shape index (κ2) is 9.92. The lowest BCUT2D eigenvalue weighted by Gasteiger charge is -2.22. The molecule has 1 heterocycles. The zero-order chi connectivity index (χ0) is 23.4. The van der Waals surface area contributed by atoms with E-state index in [1.165, 1.54) is 11.8 Å². The molecule has 1 atom stereocenters. The number of para-hydroxylation sites is 1. The average Bonchev–Trinajstić information content (AvgIpc) is 2.85. The molecule has 7 heteroatoms. The number of amides is 1. The van der Waals surface area contributed by atoms with Crippen molar-refractivity contribution < 1.29 is 9.53 Å². The number of nitrogens with zero attached hydrogens (tertiary/aromatic N) is 3. The second-order valence-electron chi connectivity index (χ2n) is 7.79. The van der Waals surface area contributed by atoms with Crippen LogP contribution in [0.1, 0.15) is 16.4 Å². The summed E-state index contributed by atoms with van der Waals surface area (Å²) in [7, 11) is 5.08. The molecule has 1 unspecified atom stereocenters. The molecule has 0 aliphatic heterocycles. The van der Waals surface area contributed by atoms with Crippen molar-refractivity contribution in [2.45, 2.75) is 17.0 Å². The van der Waals surface area contributed by atoms with E-state index in [0.717, 1.165) is 16.9 Å². The smallest absolute Gasteiger partial charge is 0.262 e. The maximum absolute atomic E-state index is 13.5. The van der Waals surface area contributed by atoms with Gasteiger partial charge >= 0.3 is 0 Å². The molecule has 0 bridgehead atoms. The topological polar surface area (TPSA) is 64.4 Å². The number of carbonyl (C=O) groups excluding carboxylic acids is 1. The number of aromatic nitrogens is 2. The second-order valence-corrected chi connectivity index (χ2v) is 8.86. The standard InChI is InChI=1S/C26H25N3O3S/c1-28(2)25(31)23(19-9-5-4-6-10-19)33-26-27-22-12-8-7-11-21(22)24(30)29(26)17-18-13-15-20(32-3)16-14-18/h4-16,23H,17H2,1-3H3. The Labute approximate surface area is 196 Å². The van der Waals surface area contributed by atoms with Gasteiger partial charge in [-0.25, -0.2) is 4.98 Å². The van der Waals surface area contributed by atoms with Crippen LogP contribution in [0.3, 0.4) is 0 Å². The van der Waals surface area contributed by atoms with Crippen LogP contribution in [-0.4, -0.2) is 41.6 Å². The van der Waals surface area contributed by atoms with E-state index in [1.54, 1.807) is 36.7 Å². The maximum Gasteiger partial charge on any atom is 0.262 e. The Morgan fingerprint density at radius 2 is 1.67 bits per heavy atom. The molecule has 0 aliphatic rings. The Morgan fingerprint density at radius 1 is 1.00 bits per heavy atom. The van der Waals surface area contributed by atoms with Gasteiger partial charge in [-0.3, -0.25) is 14.2 Å². The van der Waals surface area contributed by atoms with Crippen LogP contribution in [0.2, 0.25) is 0 Å². The van der Waals surface area contributed by atoms with E-state index >= 15 is 0 Å². The first kappa shape index (κ1) is 22.6. The van der Waals surface area contributed by atoms with Crippen LogP contribution in [-0.2, 0) is 11.3 Å². The molecule has 6 nitrogen and oxygen atoms in total. The van der Waals surface area contributed by atoms with Gasteiger partial charge in [0.05, 0.1) is 24.6 Å². The van der Waals surface area contributed by atoms with E-state index in [1.807, 2.05) is 72.8 Å². The molecule has 4 rings (SSSR count). The van der Waals surface area contributed by atoms with Gasteiger partial charge in [-0.05, 0) is 35.4 Å². The van der Waals surface area contributed by atoms with Gasteiger partial charge in [0, 0.05) is 14.1 Å². The van der Waals surface area contributed by atoms with Crippen LogP contribution in [0.4, 0.5) is 0 Å². The molecule has 0 fully saturated rings. The minimum absolute atomic E-state index is 0.0652. The Kier molecular flexibility index (Phi) is 6.79. The minimum atomic E-state index is -0.531. The number of thioether (sulfide) groups is 1. The summed E-state index contributed by atoms with van der Waals surface area (Å²) in [6, 6.07) is 24.4. The summed E-state index contributed by atoms with van der Waals surface area (Å²) in [5.41, 5.74) is 2.27. The summed E-state index contributed by atoms with van der Waals surface area (Å²) in [4.78, 5) is 33.0. The Balaban J connectivity index is 1.82. The molecule has 1 aromatic heterocycles. The van der Waals surface area contributed by atoms with Crippen LogP contribution in [0.5, 0.6) is 5.75 Å². The van der Waals surface area contributed by atoms with Crippen molar-refractivity contribution in [3.63, 3.8) is 0 Å². The summed E-state index contributed by atoms with van der Waals surface area (Å²) < 4.78 is 6.89. The van der Waals surface area contributed by atoms with Gasteiger partial charge in [-0.1, -0.05) is 66.4 Å². The zero-order valence-corrected chi connectivity index (χ0v) is 19.6. The lowest BCUT2D eigenvalue weighted by Crippen LogP contribution is -2.28. The van der Waals surface area contributed by atoms with Gasteiger partial charge in [0.1, 0.15) is 11.0 Å². The maximum atomic E-state index is 13.5. The lowest BCUT2D eigenvalue weighted by molar-refractivity contribution is -0.128. The molecule has 0 radical (unpaired) electrons. The Bertz CT molecular complexity index is 1320. The van der Waals surface area contributed by atoms with Crippen LogP contribution >= 0.6 is 11.8 Å². The molecular weight excluding hydrogens is 434 g/mol.